The van der Waals surface area contributed by atoms with Gasteiger partial charge in [0.25, 0.3) is 0 Å². The quantitative estimate of drug-likeness (QED) is 0.785. The Morgan fingerprint density at radius 2 is 2.11 bits per heavy atom. The first-order valence-corrected chi connectivity index (χ1v) is 9.11. The molecule has 0 aliphatic carbocycles. The summed E-state index contributed by atoms with van der Waals surface area (Å²) in [7, 11) is 1.81. The number of rotatable bonds is 3. The zero-order chi connectivity index (χ0) is 19.8. The van der Waals surface area contributed by atoms with Crippen LogP contribution in [-0.2, 0) is 31.4 Å². The smallest absolute Gasteiger partial charge is 0.410 e. The Balaban J connectivity index is 1.85. The molecule has 0 N–H and O–H groups in total. The number of benzene rings is 1. The molecule has 27 heavy (non-hydrogen) atoms. The molecule has 6 nitrogen and oxygen atoms in total. The highest BCUT2D eigenvalue weighted by Crippen LogP contribution is 2.36. The zero-order valence-electron chi connectivity index (χ0n) is 15.9. The first-order valence-electron chi connectivity index (χ1n) is 8.73. The molecule has 146 valence electrons. The molecule has 0 spiro atoms. The average molecular weight is 396 g/mol. The Morgan fingerprint density at radius 1 is 1.37 bits per heavy atom. The van der Waals surface area contributed by atoms with Crippen molar-refractivity contribution < 1.29 is 18.7 Å². The summed E-state index contributed by atoms with van der Waals surface area (Å²) in [5.41, 5.74) is 1.65. The van der Waals surface area contributed by atoms with E-state index in [-0.39, 0.29) is 18.2 Å². The molecule has 0 unspecified atom stereocenters. The van der Waals surface area contributed by atoms with Crippen molar-refractivity contribution in [2.45, 2.75) is 45.9 Å². The topological polar surface area (TPSA) is 56.6 Å². The van der Waals surface area contributed by atoms with Gasteiger partial charge in [0, 0.05) is 31.4 Å². The number of aromatic nitrogens is 2. The van der Waals surface area contributed by atoms with E-state index in [2.05, 4.69) is 5.10 Å². The van der Waals surface area contributed by atoms with E-state index in [1.807, 2.05) is 26.8 Å². The lowest BCUT2D eigenvalue weighted by Crippen LogP contribution is -2.40. The number of nitrogens with zero attached hydrogens (tertiary/aromatic N) is 3. The number of halogens is 2. The van der Waals surface area contributed by atoms with Crippen LogP contribution in [0.5, 0.6) is 5.75 Å². The molecule has 2 heterocycles. The standard InChI is InChI=1S/C19H23ClFN3O3/c1-19(2,3)27-18(25)24-8-6-13-14(10-24)16(9-15(21)17(13)20)26-11-12-5-7-22-23(12)4/h5,7,9H,6,8,10-11H2,1-4H3. The van der Waals surface area contributed by atoms with Gasteiger partial charge in [-0.05, 0) is 38.8 Å². The summed E-state index contributed by atoms with van der Waals surface area (Å²) in [6.07, 6.45) is 1.69. The van der Waals surface area contributed by atoms with Crippen LogP contribution in [0.1, 0.15) is 37.6 Å². The first kappa shape index (κ1) is 19.5. The van der Waals surface area contributed by atoms with E-state index in [9.17, 15) is 9.18 Å². The van der Waals surface area contributed by atoms with Gasteiger partial charge in [-0.25, -0.2) is 9.18 Å². The van der Waals surface area contributed by atoms with E-state index in [0.717, 1.165) is 5.69 Å². The summed E-state index contributed by atoms with van der Waals surface area (Å²) >= 11 is 6.16. The van der Waals surface area contributed by atoms with Gasteiger partial charge in [0.2, 0.25) is 0 Å². The molecule has 0 radical (unpaired) electrons. The summed E-state index contributed by atoms with van der Waals surface area (Å²) in [5, 5.41) is 4.17. The van der Waals surface area contributed by atoms with E-state index in [0.29, 0.717) is 29.8 Å². The van der Waals surface area contributed by atoms with Gasteiger partial charge >= 0.3 is 6.09 Å². The lowest BCUT2D eigenvalue weighted by molar-refractivity contribution is 0.0222. The molecule has 1 amide bonds. The second-order valence-electron chi connectivity index (χ2n) is 7.51. The van der Waals surface area contributed by atoms with Crippen LogP contribution in [0.4, 0.5) is 9.18 Å². The Bertz CT molecular complexity index is 861. The van der Waals surface area contributed by atoms with Gasteiger partial charge < -0.3 is 14.4 Å². The van der Waals surface area contributed by atoms with Gasteiger partial charge in [0.1, 0.15) is 23.8 Å². The number of carbonyl (C=O) groups excluding carboxylic acids is 1. The van der Waals surface area contributed by atoms with Crippen molar-refractivity contribution in [1.82, 2.24) is 14.7 Å². The second kappa shape index (κ2) is 7.38. The Labute approximate surface area is 162 Å². The number of carbonyl (C=O) groups is 1. The van der Waals surface area contributed by atoms with Crippen molar-refractivity contribution in [2.24, 2.45) is 7.05 Å². The van der Waals surface area contributed by atoms with Crippen LogP contribution >= 0.6 is 11.6 Å². The zero-order valence-corrected chi connectivity index (χ0v) is 16.6. The molecule has 1 aromatic carbocycles. The van der Waals surface area contributed by atoms with Crippen molar-refractivity contribution in [2.75, 3.05) is 6.54 Å². The Morgan fingerprint density at radius 3 is 2.74 bits per heavy atom. The molecular formula is C19H23ClFN3O3. The summed E-state index contributed by atoms with van der Waals surface area (Å²) in [6.45, 7) is 6.35. The fraction of sp³-hybridized carbons (Fsp3) is 0.474. The number of hydrogen-bond acceptors (Lipinski definition) is 4. The summed E-state index contributed by atoms with van der Waals surface area (Å²) in [6, 6.07) is 3.10. The predicted molar refractivity (Wildman–Crippen MR) is 99.3 cm³/mol. The fourth-order valence-electron chi connectivity index (χ4n) is 2.95. The van der Waals surface area contributed by atoms with Crippen molar-refractivity contribution in [3.8, 4) is 5.75 Å². The predicted octanol–water partition coefficient (Wildman–Crippen LogP) is 4.08. The van der Waals surface area contributed by atoms with Gasteiger partial charge in [-0.15, -0.1) is 0 Å². The number of aryl methyl sites for hydroxylation is 1. The average Bonchev–Trinajstić information content (AvgIpc) is 3.00. The Kier molecular flexibility index (Phi) is 5.33. The molecule has 1 aliphatic heterocycles. The van der Waals surface area contributed by atoms with E-state index in [1.165, 1.54) is 6.07 Å². The molecule has 3 rings (SSSR count). The maximum Gasteiger partial charge on any atom is 0.410 e. The molecule has 0 saturated carbocycles. The fourth-order valence-corrected chi connectivity index (χ4v) is 3.21. The number of amides is 1. The normalized spacial score (nSPS) is 14.1. The van der Waals surface area contributed by atoms with Crippen LogP contribution < -0.4 is 4.74 Å². The van der Waals surface area contributed by atoms with Crippen LogP contribution in [0.2, 0.25) is 5.02 Å². The van der Waals surface area contributed by atoms with Gasteiger partial charge in [0.05, 0.1) is 17.3 Å². The summed E-state index contributed by atoms with van der Waals surface area (Å²) in [5.74, 6) is -0.150. The van der Waals surface area contributed by atoms with Gasteiger partial charge in [-0.2, -0.15) is 5.10 Å². The van der Waals surface area contributed by atoms with Gasteiger partial charge in [-0.1, -0.05) is 11.6 Å². The highest BCUT2D eigenvalue weighted by Gasteiger charge is 2.30. The highest BCUT2D eigenvalue weighted by molar-refractivity contribution is 6.31. The summed E-state index contributed by atoms with van der Waals surface area (Å²) < 4.78 is 27.2. The largest absolute Gasteiger partial charge is 0.487 e. The van der Waals surface area contributed by atoms with E-state index in [1.54, 1.807) is 22.8 Å². The summed E-state index contributed by atoms with van der Waals surface area (Å²) in [4.78, 5) is 14.0. The highest BCUT2D eigenvalue weighted by atomic mass is 35.5. The van der Waals surface area contributed by atoms with Gasteiger partial charge in [0.15, 0.2) is 0 Å². The molecule has 2 aromatic rings. The van der Waals surface area contributed by atoms with Crippen molar-refractivity contribution in [3.05, 3.63) is 46.0 Å². The van der Waals surface area contributed by atoms with Crippen molar-refractivity contribution in [1.29, 1.82) is 0 Å². The molecule has 0 bridgehead atoms. The maximum absolute atomic E-state index is 14.3. The monoisotopic (exact) mass is 395 g/mol. The van der Waals surface area contributed by atoms with Gasteiger partial charge in [-0.3, -0.25) is 4.68 Å². The Hall–Kier alpha value is -2.28. The van der Waals surface area contributed by atoms with E-state index < -0.39 is 17.5 Å². The minimum absolute atomic E-state index is 0.0849. The first-order chi connectivity index (χ1) is 12.7. The van der Waals surface area contributed by atoms with Crippen LogP contribution in [0.15, 0.2) is 18.3 Å². The minimum atomic E-state index is -0.587. The van der Waals surface area contributed by atoms with Crippen LogP contribution in [0.3, 0.4) is 0 Å². The van der Waals surface area contributed by atoms with Crippen LogP contribution in [0.25, 0.3) is 0 Å². The molecule has 0 fully saturated rings. The molecular weight excluding hydrogens is 373 g/mol. The van der Waals surface area contributed by atoms with E-state index in [4.69, 9.17) is 21.1 Å². The van der Waals surface area contributed by atoms with E-state index >= 15 is 0 Å². The third-order valence-corrected chi connectivity index (χ3v) is 4.73. The minimum Gasteiger partial charge on any atom is -0.487 e. The molecule has 0 saturated heterocycles. The van der Waals surface area contributed by atoms with Crippen molar-refractivity contribution in [3.63, 3.8) is 0 Å². The van der Waals surface area contributed by atoms with Crippen molar-refractivity contribution >= 4 is 17.7 Å². The van der Waals surface area contributed by atoms with Crippen LogP contribution in [0, 0.1) is 5.82 Å². The number of fused-ring (bicyclic) bond motifs is 1. The SMILES string of the molecule is Cn1nccc1COc1cc(F)c(Cl)c2c1CN(C(=O)OC(C)(C)C)CC2. The third kappa shape index (κ3) is 4.35. The third-order valence-electron chi connectivity index (χ3n) is 4.32. The second-order valence-corrected chi connectivity index (χ2v) is 7.89. The number of ether oxygens (including phenoxy) is 2. The molecule has 8 heteroatoms. The molecule has 1 aliphatic rings. The lowest BCUT2D eigenvalue weighted by Gasteiger charge is -2.32. The molecule has 0 atom stereocenters. The lowest BCUT2D eigenvalue weighted by atomic mass is 9.98. The maximum atomic E-state index is 14.3. The van der Waals surface area contributed by atoms with Crippen LogP contribution in [-0.4, -0.2) is 32.9 Å². The molecule has 1 aromatic heterocycles. The number of hydrogen-bond donors (Lipinski definition) is 0.